The zero-order valence-corrected chi connectivity index (χ0v) is 22.8. The lowest BCUT2D eigenvalue weighted by Crippen LogP contribution is -2.57. The summed E-state index contributed by atoms with van der Waals surface area (Å²) in [5.41, 5.74) is 17.4. The molecule has 0 aliphatic rings. The first-order valence-electron chi connectivity index (χ1n) is 11.8. The number of nitrogens with one attached hydrogen (secondary N) is 3. The number of phenols is 1. The van der Waals surface area contributed by atoms with Crippen molar-refractivity contribution in [3.63, 3.8) is 0 Å². The molecular weight excluding hydrogens is 534 g/mol. The van der Waals surface area contributed by atoms with Crippen LogP contribution in [0, 0.1) is 0 Å². The fourth-order valence-electron chi connectivity index (χ4n) is 3.26. The third-order valence-electron chi connectivity index (χ3n) is 5.35. The highest BCUT2D eigenvalue weighted by Gasteiger charge is 2.29. The number of carbonyl (C=O) groups is 4. The van der Waals surface area contributed by atoms with Gasteiger partial charge in [0.15, 0.2) is 5.96 Å². The molecule has 0 radical (unpaired) electrons. The fraction of sp³-hybridized carbons (Fsp3) is 0.522. The summed E-state index contributed by atoms with van der Waals surface area (Å²) in [5.74, 6) is -2.82. The van der Waals surface area contributed by atoms with Crippen LogP contribution in [0.5, 0.6) is 5.75 Å². The average Bonchev–Trinajstić information content (AvgIpc) is 2.87. The Labute approximate surface area is 231 Å². The van der Waals surface area contributed by atoms with Crippen LogP contribution in [0.4, 0.5) is 0 Å². The average molecular weight is 572 g/mol. The minimum absolute atomic E-state index is 0.0750. The molecule has 11 N–H and O–H groups in total. The van der Waals surface area contributed by atoms with Crippen molar-refractivity contribution >= 4 is 54.0 Å². The summed E-state index contributed by atoms with van der Waals surface area (Å²) in [6.45, 7) is 0.202. The van der Waals surface area contributed by atoms with E-state index in [4.69, 9.17) is 17.2 Å². The number of nitrogens with zero attached hydrogens (tertiary/aromatic N) is 1. The van der Waals surface area contributed by atoms with E-state index in [1.165, 1.54) is 23.9 Å². The van der Waals surface area contributed by atoms with Gasteiger partial charge < -0.3 is 43.4 Å². The lowest BCUT2D eigenvalue weighted by atomic mass is 10.0. The van der Waals surface area contributed by atoms with E-state index in [0.717, 1.165) is 0 Å². The molecular formula is C23H37N7O6S2. The van der Waals surface area contributed by atoms with Gasteiger partial charge in [-0.05, 0) is 55.4 Å². The number of thiol groups is 1. The first kappa shape index (κ1) is 32.9. The molecule has 1 aromatic carbocycles. The summed E-state index contributed by atoms with van der Waals surface area (Å²) < 4.78 is 0. The molecule has 1 aromatic rings. The maximum absolute atomic E-state index is 13.1. The van der Waals surface area contributed by atoms with Gasteiger partial charge in [-0.2, -0.15) is 24.4 Å². The molecule has 0 aliphatic heterocycles. The largest absolute Gasteiger partial charge is 0.508 e. The van der Waals surface area contributed by atoms with Crippen LogP contribution in [-0.4, -0.2) is 88.3 Å². The van der Waals surface area contributed by atoms with E-state index in [9.17, 15) is 29.4 Å². The summed E-state index contributed by atoms with van der Waals surface area (Å²) in [6.07, 6.45) is 2.64. The highest BCUT2D eigenvalue weighted by atomic mass is 32.2. The van der Waals surface area contributed by atoms with Crippen molar-refractivity contribution in [1.82, 2.24) is 16.0 Å². The first-order valence-corrected chi connectivity index (χ1v) is 13.8. The highest BCUT2D eigenvalue weighted by molar-refractivity contribution is 7.98. The molecule has 38 heavy (non-hydrogen) atoms. The van der Waals surface area contributed by atoms with Gasteiger partial charge in [0.2, 0.25) is 17.7 Å². The van der Waals surface area contributed by atoms with Gasteiger partial charge in [0.1, 0.15) is 23.9 Å². The van der Waals surface area contributed by atoms with Crippen LogP contribution in [0.15, 0.2) is 29.3 Å². The first-order chi connectivity index (χ1) is 18.0. The van der Waals surface area contributed by atoms with Crippen molar-refractivity contribution in [3.8, 4) is 5.75 Å². The van der Waals surface area contributed by atoms with Crippen LogP contribution in [0.3, 0.4) is 0 Å². The molecule has 15 heteroatoms. The second kappa shape index (κ2) is 17.4. The number of thioether (sulfide) groups is 1. The third kappa shape index (κ3) is 12.4. The topological polar surface area (TPSA) is 235 Å². The summed E-state index contributed by atoms with van der Waals surface area (Å²) in [6, 6.07) is 1.85. The second-order valence-corrected chi connectivity index (χ2v) is 9.76. The van der Waals surface area contributed by atoms with Crippen molar-refractivity contribution in [2.75, 3.05) is 24.3 Å². The van der Waals surface area contributed by atoms with Crippen LogP contribution in [0.2, 0.25) is 0 Å². The number of aromatic hydroxyl groups is 1. The van der Waals surface area contributed by atoms with Crippen LogP contribution in [0.25, 0.3) is 0 Å². The number of hydrogen-bond acceptors (Lipinski definition) is 9. The molecule has 212 valence electrons. The molecule has 0 aromatic heterocycles. The van der Waals surface area contributed by atoms with Crippen LogP contribution >= 0.6 is 24.4 Å². The lowest BCUT2D eigenvalue weighted by molar-refractivity contribution is -0.142. The minimum Gasteiger partial charge on any atom is -0.508 e. The zero-order valence-electron chi connectivity index (χ0n) is 21.1. The van der Waals surface area contributed by atoms with Crippen LogP contribution in [0.1, 0.15) is 24.8 Å². The van der Waals surface area contributed by atoms with Crippen molar-refractivity contribution < 1.29 is 29.4 Å². The maximum Gasteiger partial charge on any atom is 0.326 e. The molecule has 1 rings (SSSR count). The number of phenolic OH excluding ortho intramolecular Hbond substituents is 1. The minimum atomic E-state index is -1.19. The Morgan fingerprint density at radius 1 is 0.974 bits per heavy atom. The Bertz CT molecular complexity index is 960. The van der Waals surface area contributed by atoms with E-state index < -0.39 is 47.9 Å². The SMILES string of the molecule is CSCCC(NC(=O)C(CS)NC(=O)C(CCCN=C(N)N)NC(=O)C(N)Cc1ccc(O)cc1)C(=O)O. The van der Waals surface area contributed by atoms with Crippen molar-refractivity contribution in [1.29, 1.82) is 0 Å². The van der Waals surface area contributed by atoms with E-state index in [1.807, 2.05) is 6.26 Å². The van der Waals surface area contributed by atoms with E-state index in [-0.39, 0.29) is 43.3 Å². The molecule has 4 unspecified atom stereocenters. The number of carboxylic acids is 1. The van der Waals surface area contributed by atoms with Gasteiger partial charge in [-0.1, -0.05) is 12.1 Å². The van der Waals surface area contributed by atoms with Crippen LogP contribution < -0.4 is 33.2 Å². The van der Waals surface area contributed by atoms with E-state index >= 15 is 0 Å². The Kier molecular flexibility index (Phi) is 15.0. The standard InChI is InChI=1S/C23H37N7O6S2/c1-38-10-8-17(22(35)36)29-21(34)18(12-37)30-20(33)16(3-2-9-27-23(25)26)28-19(32)15(24)11-13-4-6-14(31)7-5-13/h4-7,15-18,31,37H,2-3,8-12,24H2,1H3,(H,28,32)(H,29,34)(H,30,33)(H,35,36)(H4,25,26,27). The van der Waals surface area contributed by atoms with Gasteiger partial charge in [-0.25, -0.2) is 4.79 Å². The molecule has 13 nitrogen and oxygen atoms in total. The normalized spacial score (nSPS) is 13.9. The molecule has 0 saturated heterocycles. The van der Waals surface area contributed by atoms with Crippen molar-refractivity contribution in [2.45, 2.75) is 49.9 Å². The monoisotopic (exact) mass is 571 g/mol. The van der Waals surface area contributed by atoms with Gasteiger partial charge in [0.25, 0.3) is 0 Å². The van der Waals surface area contributed by atoms with Crippen molar-refractivity contribution in [3.05, 3.63) is 29.8 Å². The molecule has 0 bridgehead atoms. The number of benzene rings is 1. The van der Waals surface area contributed by atoms with E-state index in [0.29, 0.717) is 17.7 Å². The summed E-state index contributed by atoms with van der Waals surface area (Å²) >= 11 is 5.56. The maximum atomic E-state index is 13.1. The number of hydrogen-bond donors (Lipinski definition) is 9. The quantitative estimate of drug-likeness (QED) is 0.0456. The predicted octanol–water partition coefficient (Wildman–Crippen LogP) is -1.46. The third-order valence-corrected chi connectivity index (χ3v) is 6.36. The Morgan fingerprint density at radius 2 is 1.55 bits per heavy atom. The van der Waals surface area contributed by atoms with E-state index in [2.05, 4.69) is 33.6 Å². The summed E-state index contributed by atoms with van der Waals surface area (Å²) in [5, 5.41) is 26.3. The number of nitrogens with two attached hydrogens (primary N) is 3. The number of guanidine groups is 1. The number of aliphatic imine (C=N–C) groups is 1. The molecule has 0 heterocycles. The number of aliphatic carboxylic acids is 1. The van der Waals surface area contributed by atoms with Crippen molar-refractivity contribution in [2.24, 2.45) is 22.2 Å². The zero-order chi connectivity index (χ0) is 28.7. The molecule has 0 spiro atoms. The Balaban J connectivity index is 2.91. The number of rotatable bonds is 17. The lowest BCUT2D eigenvalue weighted by Gasteiger charge is -2.24. The van der Waals surface area contributed by atoms with Gasteiger partial charge in [0.05, 0.1) is 6.04 Å². The summed E-state index contributed by atoms with van der Waals surface area (Å²) in [4.78, 5) is 53.9. The number of carbonyl (C=O) groups excluding carboxylic acids is 3. The van der Waals surface area contributed by atoms with Crippen LogP contribution in [-0.2, 0) is 25.6 Å². The van der Waals surface area contributed by atoms with E-state index in [1.54, 1.807) is 12.1 Å². The smallest absolute Gasteiger partial charge is 0.326 e. The summed E-state index contributed by atoms with van der Waals surface area (Å²) in [7, 11) is 0. The Hall–Kier alpha value is -3.17. The fourth-order valence-corrected chi connectivity index (χ4v) is 3.99. The number of carboxylic acid groups (broad SMARTS) is 1. The number of amides is 3. The molecule has 0 fully saturated rings. The van der Waals surface area contributed by atoms with Gasteiger partial charge >= 0.3 is 5.97 Å². The highest BCUT2D eigenvalue weighted by Crippen LogP contribution is 2.11. The Morgan fingerprint density at radius 3 is 2.11 bits per heavy atom. The van der Waals surface area contributed by atoms with Gasteiger partial charge in [0, 0.05) is 12.3 Å². The molecule has 3 amide bonds. The molecule has 4 atom stereocenters. The van der Waals surface area contributed by atoms with Gasteiger partial charge in [-0.3, -0.25) is 19.4 Å². The molecule has 0 aliphatic carbocycles. The van der Waals surface area contributed by atoms with Gasteiger partial charge in [-0.15, -0.1) is 0 Å². The second-order valence-electron chi connectivity index (χ2n) is 8.41. The predicted molar refractivity (Wildman–Crippen MR) is 150 cm³/mol. The molecule has 0 saturated carbocycles.